The number of hydrogen-bond acceptors (Lipinski definition) is 0. The molecule has 0 aliphatic heterocycles. The molecule has 0 saturated heterocycles. The fourth-order valence-corrected chi connectivity index (χ4v) is 0.385. The lowest BCUT2D eigenvalue weighted by Crippen LogP contribution is -1.47. The Bertz CT molecular complexity index is 181. The molecule has 0 heteroatoms. The first kappa shape index (κ1) is 25.1. The third kappa shape index (κ3) is 141. The van der Waals surface area contributed by atoms with Crippen molar-refractivity contribution in [2.24, 2.45) is 0 Å². The minimum absolute atomic E-state index is 1.75. The maximum atomic E-state index is 3.36. The van der Waals surface area contributed by atoms with Crippen molar-refractivity contribution in [1.82, 2.24) is 0 Å². The molecule has 0 heterocycles. The number of allylic oxidation sites excluding steroid dienone is 4. The topological polar surface area (TPSA) is 0 Å². The van der Waals surface area contributed by atoms with Gasteiger partial charge in [-0.05, 0) is 27.7 Å². The van der Waals surface area contributed by atoms with Crippen LogP contribution in [0.5, 0.6) is 0 Å². The van der Waals surface area contributed by atoms with Crippen molar-refractivity contribution in [3.05, 3.63) is 87.0 Å². The summed E-state index contributed by atoms with van der Waals surface area (Å²) in [7, 11) is 0. The molecule has 1 aromatic rings. The van der Waals surface area contributed by atoms with Gasteiger partial charge in [0.15, 0.2) is 0 Å². The van der Waals surface area contributed by atoms with Crippen molar-refractivity contribution >= 4 is 0 Å². The van der Waals surface area contributed by atoms with E-state index < -0.39 is 0 Å². The first-order chi connectivity index (χ1) is 8.66. The van der Waals surface area contributed by atoms with Crippen LogP contribution in [0.25, 0.3) is 0 Å². The van der Waals surface area contributed by atoms with Gasteiger partial charge in [-0.15, -0.1) is 26.3 Å². The summed E-state index contributed by atoms with van der Waals surface area (Å²) in [5, 5.41) is 0. The van der Waals surface area contributed by atoms with Crippen molar-refractivity contribution in [2.45, 2.75) is 27.7 Å². The van der Waals surface area contributed by atoms with Crippen LogP contribution < -0.4 is 0 Å². The van der Waals surface area contributed by atoms with Crippen molar-refractivity contribution in [2.75, 3.05) is 0 Å². The van der Waals surface area contributed by atoms with Gasteiger partial charge >= 0.3 is 0 Å². The molecule has 0 N–H and O–H groups in total. The van der Waals surface area contributed by atoms with Gasteiger partial charge < -0.3 is 0 Å². The van der Waals surface area contributed by atoms with Crippen LogP contribution in [0.2, 0.25) is 0 Å². The minimum Gasteiger partial charge on any atom is -0.103 e. The smallest absolute Gasteiger partial charge is 0.0473 e. The van der Waals surface area contributed by atoms with Crippen LogP contribution in [0.1, 0.15) is 27.7 Å². The maximum absolute atomic E-state index is 3.36. The molecule has 0 bridgehead atoms. The summed E-state index contributed by atoms with van der Waals surface area (Å²) in [5.74, 6) is 0. The Morgan fingerprint density at radius 3 is 0.556 bits per heavy atom. The molecule has 0 amide bonds. The standard InChI is InChI=1S/C6H6.4C3H6/c1-2-4-6-5-3-1;4*1-3-2/h1-6H;4*3H,1H2,2H3. The molecule has 0 atom stereocenters. The molecular weight excluding hydrogens is 216 g/mol. The van der Waals surface area contributed by atoms with Gasteiger partial charge in [-0.3, -0.25) is 0 Å². The van der Waals surface area contributed by atoms with Crippen LogP contribution >= 0.6 is 0 Å². The van der Waals surface area contributed by atoms with Crippen LogP contribution in [0.15, 0.2) is 87.0 Å². The van der Waals surface area contributed by atoms with Crippen LogP contribution in [0.3, 0.4) is 0 Å². The average Bonchev–Trinajstić information content (AvgIpc) is 2.35. The lowest BCUT2D eigenvalue weighted by atomic mass is 10.4. The molecule has 0 saturated carbocycles. The van der Waals surface area contributed by atoms with Crippen LogP contribution in [-0.4, -0.2) is 0 Å². The Labute approximate surface area is 115 Å². The SMILES string of the molecule is C=CC.C=CC.C=CC.C=CC.c1ccccc1. The number of benzene rings is 1. The van der Waals surface area contributed by atoms with E-state index in [9.17, 15) is 0 Å². The van der Waals surface area contributed by atoms with Gasteiger partial charge in [0.05, 0.1) is 0 Å². The highest BCUT2D eigenvalue weighted by molar-refractivity contribution is 4.99. The largest absolute Gasteiger partial charge is 0.103 e. The van der Waals surface area contributed by atoms with Gasteiger partial charge in [-0.2, -0.15) is 0 Å². The van der Waals surface area contributed by atoms with Gasteiger partial charge in [0.1, 0.15) is 0 Å². The predicted octanol–water partition coefficient (Wildman–Crippen LogP) is 6.46. The molecule has 0 aliphatic rings. The highest BCUT2D eigenvalue weighted by Crippen LogP contribution is 1.79. The maximum Gasteiger partial charge on any atom is -0.0473 e. The molecule has 0 nitrogen and oxygen atoms in total. The Kier molecular flexibility index (Phi) is 63.7. The van der Waals surface area contributed by atoms with Crippen LogP contribution in [-0.2, 0) is 0 Å². The Morgan fingerprint density at radius 2 is 0.500 bits per heavy atom. The number of rotatable bonds is 0. The molecule has 0 spiro atoms. The van der Waals surface area contributed by atoms with Gasteiger partial charge in [0.2, 0.25) is 0 Å². The zero-order valence-electron chi connectivity index (χ0n) is 12.6. The molecule has 1 aromatic carbocycles. The van der Waals surface area contributed by atoms with Gasteiger partial charge in [-0.1, -0.05) is 60.7 Å². The quantitative estimate of drug-likeness (QED) is 0.461. The van der Waals surface area contributed by atoms with Gasteiger partial charge in [-0.25, -0.2) is 0 Å². The van der Waals surface area contributed by atoms with E-state index >= 15 is 0 Å². The highest BCUT2D eigenvalue weighted by atomic mass is 13.6. The molecule has 0 aliphatic carbocycles. The molecule has 18 heavy (non-hydrogen) atoms. The van der Waals surface area contributed by atoms with Crippen molar-refractivity contribution < 1.29 is 0 Å². The van der Waals surface area contributed by atoms with Crippen molar-refractivity contribution in [1.29, 1.82) is 0 Å². The zero-order chi connectivity index (χ0) is 15.1. The first-order valence-electron chi connectivity index (χ1n) is 5.94. The molecule has 0 fully saturated rings. The highest BCUT2D eigenvalue weighted by Gasteiger charge is 1.57. The molecule has 102 valence electrons. The predicted molar refractivity (Wildman–Crippen MR) is 89.9 cm³/mol. The second kappa shape index (κ2) is 45.6. The second-order valence-corrected chi connectivity index (χ2v) is 2.79. The molecule has 0 radical (unpaired) electrons. The van der Waals surface area contributed by atoms with E-state index in [-0.39, 0.29) is 0 Å². The first-order valence-corrected chi connectivity index (χ1v) is 5.94. The van der Waals surface area contributed by atoms with E-state index in [1.165, 1.54) is 0 Å². The third-order valence-corrected chi connectivity index (χ3v) is 0.667. The number of hydrogen-bond donors (Lipinski definition) is 0. The fraction of sp³-hybridized carbons (Fsp3) is 0.222. The van der Waals surface area contributed by atoms with E-state index in [1.807, 2.05) is 64.1 Å². The Balaban J connectivity index is -0.0000000723. The van der Waals surface area contributed by atoms with Gasteiger partial charge in [0.25, 0.3) is 0 Å². The Hall–Kier alpha value is -1.82. The lowest BCUT2D eigenvalue weighted by Gasteiger charge is -1.69. The van der Waals surface area contributed by atoms with E-state index in [1.54, 1.807) is 24.3 Å². The summed E-state index contributed by atoms with van der Waals surface area (Å²) in [4.78, 5) is 0. The normalized spacial score (nSPS) is 5.56. The summed E-state index contributed by atoms with van der Waals surface area (Å²) < 4.78 is 0. The van der Waals surface area contributed by atoms with Gasteiger partial charge in [0, 0.05) is 0 Å². The van der Waals surface area contributed by atoms with Crippen LogP contribution in [0, 0.1) is 0 Å². The lowest BCUT2D eigenvalue weighted by molar-refractivity contribution is 1.72. The van der Waals surface area contributed by atoms with E-state index in [2.05, 4.69) is 26.3 Å². The van der Waals surface area contributed by atoms with Crippen molar-refractivity contribution in [3.63, 3.8) is 0 Å². The monoisotopic (exact) mass is 246 g/mol. The summed E-state index contributed by atoms with van der Waals surface area (Å²) in [6.45, 7) is 21.0. The van der Waals surface area contributed by atoms with E-state index in [4.69, 9.17) is 0 Å². The van der Waals surface area contributed by atoms with E-state index in [0.29, 0.717) is 0 Å². The summed E-state index contributed by atoms with van der Waals surface area (Å²) in [6.07, 6.45) is 7.00. The molecule has 0 unspecified atom stereocenters. The Morgan fingerprint density at radius 1 is 0.444 bits per heavy atom. The van der Waals surface area contributed by atoms with Crippen molar-refractivity contribution in [3.8, 4) is 0 Å². The van der Waals surface area contributed by atoms with E-state index in [0.717, 1.165) is 0 Å². The summed E-state index contributed by atoms with van der Waals surface area (Å²) in [6, 6.07) is 12.0. The molecule has 1 rings (SSSR count). The second-order valence-electron chi connectivity index (χ2n) is 2.79. The third-order valence-electron chi connectivity index (χ3n) is 0.667. The minimum atomic E-state index is 1.75. The zero-order valence-corrected chi connectivity index (χ0v) is 12.6. The van der Waals surface area contributed by atoms with Crippen LogP contribution in [0.4, 0.5) is 0 Å². The fourth-order valence-electron chi connectivity index (χ4n) is 0.385. The molecule has 0 aromatic heterocycles. The molecular formula is C18H30. The average molecular weight is 246 g/mol. The summed E-state index contributed by atoms with van der Waals surface area (Å²) in [5.41, 5.74) is 0. The summed E-state index contributed by atoms with van der Waals surface area (Å²) >= 11 is 0.